The molecule has 0 aliphatic rings. The van der Waals surface area contributed by atoms with Crippen molar-refractivity contribution < 1.29 is 69.5 Å². The molecule has 20 heavy (non-hydrogen) atoms. The van der Waals surface area contributed by atoms with Gasteiger partial charge in [-0.05, 0) is 25.7 Å². The first-order chi connectivity index (χ1) is 8.91. The van der Waals surface area contributed by atoms with Gasteiger partial charge in [-0.25, -0.2) is 8.42 Å². The van der Waals surface area contributed by atoms with Crippen LogP contribution in [-0.4, -0.2) is 29.4 Å². The number of unbranched alkanes of at least 4 members (excludes halogenated alkanes) is 3. The third-order valence-corrected chi connectivity index (χ3v) is 4.76. The summed E-state index contributed by atoms with van der Waals surface area (Å²) in [7, 11) is -4.16. The van der Waals surface area contributed by atoms with Crippen LogP contribution in [0.1, 0.15) is 78.1 Å². The van der Waals surface area contributed by atoms with E-state index in [0.29, 0.717) is 32.1 Å². The summed E-state index contributed by atoms with van der Waals surface area (Å²) in [5.41, 5.74) is 0. The van der Waals surface area contributed by atoms with Crippen LogP contribution in [0.3, 0.4) is 0 Å². The van der Waals surface area contributed by atoms with Gasteiger partial charge in [0.15, 0.2) is 0 Å². The molecule has 0 aromatic carbocycles. The van der Waals surface area contributed by atoms with E-state index in [9.17, 15) is 18.1 Å². The van der Waals surface area contributed by atoms with Gasteiger partial charge in [0.2, 0.25) is 0 Å². The van der Waals surface area contributed by atoms with E-state index < -0.39 is 15.4 Å². The van der Waals surface area contributed by atoms with Crippen molar-refractivity contribution in [3.05, 3.63) is 0 Å². The molecular formula is C14H29KO4S. The smallest absolute Gasteiger partial charge is 0.748 e. The molecule has 0 rings (SSSR count). The third-order valence-electron chi connectivity index (χ3n) is 3.47. The van der Waals surface area contributed by atoms with Crippen LogP contribution in [0.2, 0.25) is 0 Å². The van der Waals surface area contributed by atoms with Crippen LogP contribution < -0.4 is 51.4 Å². The molecule has 0 saturated heterocycles. The van der Waals surface area contributed by atoms with E-state index in [0.717, 1.165) is 32.1 Å². The first-order valence-corrected chi connectivity index (χ1v) is 9.01. The maximum atomic E-state index is 11.0. The van der Waals surface area contributed by atoms with Crippen LogP contribution in [0, 0.1) is 0 Å². The molecule has 1 N–H and O–H groups in total. The van der Waals surface area contributed by atoms with Gasteiger partial charge in [-0.3, -0.25) is 0 Å². The molecule has 0 heterocycles. The third kappa shape index (κ3) is 13.2. The summed E-state index contributed by atoms with van der Waals surface area (Å²) >= 11 is 0. The van der Waals surface area contributed by atoms with E-state index >= 15 is 0 Å². The molecule has 0 aliphatic heterocycles. The van der Waals surface area contributed by atoms with Crippen molar-refractivity contribution in [3.63, 3.8) is 0 Å². The standard InChI is InChI=1S/C14H30O4S.K/c1-3-5-6-10-13(15)11-7-8-12-14(9-4-2)19(16,17)18;/h13-15H,3-12H2,1-2H3,(H,16,17,18);/q;+1/p-1. The van der Waals surface area contributed by atoms with Crippen molar-refractivity contribution in [2.24, 2.45) is 0 Å². The molecule has 0 radical (unpaired) electrons. The molecule has 0 aliphatic carbocycles. The maximum absolute atomic E-state index is 11.0. The minimum absolute atomic E-state index is 0. The quantitative estimate of drug-likeness (QED) is 0.315. The van der Waals surface area contributed by atoms with Gasteiger partial charge in [-0.15, -0.1) is 0 Å². The van der Waals surface area contributed by atoms with Crippen LogP contribution >= 0.6 is 0 Å². The normalized spacial score (nSPS) is 14.6. The van der Waals surface area contributed by atoms with Gasteiger partial charge in [0.25, 0.3) is 0 Å². The predicted molar refractivity (Wildman–Crippen MR) is 77.0 cm³/mol. The zero-order valence-electron chi connectivity index (χ0n) is 13.3. The van der Waals surface area contributed by atoms with Crippen molar-refractivity contribution in [2.75, 3.05) is 0 Å². The van der Waals surface area contributed by atoms with Crippen molar-refractivity contribution >= 4 is 10.1 Å². The van der Waals surface area contributed by atoms with Crippen molar-refractivity contribution in [1.82, 2.24) is 0 Å². The van der Waals surface area contributed by atoms with Gasteiger partial charge in [-0.1, -0.05) is 52.4 Å². The molecule has 0 amide bonds. The van der Waals surface area contributed by atoms with Crippen LogP contribution in [-0.2, 0) is 10.1 Å². The van der Waals surface area contributed by atoms with Crippen molar-refractivity contribution in [1.29, 1.82) is 0 Å². The number of hydrogen-bond acceptors (Lipinski definition) is 4. The Kier molecular flexibility index (Phi) is 16.8. The summed E-state index contributed by atoms with van der Waals surface area (Å²) in [6, 6.07) is 0. The topological polar surface area (TPSA) is 77.4 Å². The Morgan fingerprint density at radius 1 is 0.900 bits per heavy atom. The fourth-order valence-electron chi connectivity index (χ4n) is 2.28. The zero-order valence-corrected chi connectivity index (χ0v) is 17.2. The molecule has 0 fully saturated rings. The van der Waals surface area contributed by atoms with E-state index in [1.807, 2.05) is 6.92 Å². The summed E-state index contributed by atoms with van der Waals surface area (Å²) in [6.45, 7) is 4.01. The largest absolute Gasteiger partial charge is 1.00 e. The molecular weight excluding hydrogens is 303 g/mol. The average Bonchev–Trinajstić information content (AvgIpc) is 2.32. The summed E-state index contributed by atoms with van der Waals surface area (Å²) < 4.78 is 33.1. The molecule has 0 bridgehead atoms. The van der Waals surface area contributed by atoms with Crippen LogP contribution in [0.5, 0.6) is 0 Å². The Morgan fingerprint density at radius 2 is 1.40 bits per heavy atom. The Morgan fingerprint density at radius 3 is 1.85 bits per heavy atom. The first-order valence-electron chi connectivity index (χ1n) is 7.54. The van der Waals surface area contributed by atoms with E-state index in [1.165, 1.54) is 0 Å². The minimum atomic E-state index is -4.16. The predicted octanol–water partition coefficient (Wildman–Crippen LogP) is 0.206. The Balaban J connectivity index is 0. The molecule has 2 unspecified atom stereocenters. The van der Waals surface area contributed by atoms with Crippen LogP contribution in [0.4, 0.5) is 0 Å². The maximum Gasteiger partial charge on any atom is 1.00 e. The number of aliphatic hydroxyl groups is 1. The molecule has 0 aromatic heterocycles. The second kappa shape index (κ2) is 14.1. The SMILES string of the molecule is CCCCCC(O)CCCCC(CCC)S(=O)(=O)[O-].[K+]. The summed E-state index contributed by atoms with van der Waals surface area (Å²) in [6.07, 6.45) is 7.69. The van der Waals surface area contributed by atoms with Crippen molar-refractivity contribution in [2.45, 2.75) is 89.4 Å². The van der Waals surface area contributed by atoms with Gasteiger partial charge >= 0.3 is 51.4 Å². The second-order valence-electron chi connectivity index (χ2n) is 5.34. The number of aliphatic hydroxyl groups excluding tert-OH is 1. The van der Waals surface area contributed by atoms with E-state index in [4.69, 9.17) is 0 Å². The molecule has 4 nitrogen and oxygen atoms in total. The van der Waals surface area contributed by atoms with E-state index in [-0.39, 0.29) is 57.5 Å². The van der Waals surface area contributed by atoms with Gasteiger partial charge < -0.3 is 9.66 Å². The zero-order chi connectivity index (χ0) is 14.7. The molecule has 6 heteroatoms. The molecule has 116 valence electrons. The van der Waals surface area contributed by atoms with Crippen LogP contribution in [0.15, 0.2) is 0 Å². The monoisotopic (exact) mass is 332 g/mol. The number of rotatable bonds is 12. The van der Waals surface area contributed by atoms with Crippen molar-refractivity contribution in [3.8, 4) is 0 Å². The second-order valence-corrected chi connectivity index (χ2v) is 6.99. The Bertz CT molecular complexity index is 306. The first kappa shape index (κ1) is 23.8. The Labute approximate surface area is 167 Å². The molecule has 0 aromatic rings. The van der Waals surface area contributed by atoms with Gasteiger partial charge in [0.1, 0.15) is 0 Å². The van der Waals surface area contributed by atoms with Crippen LogP contribution in [0.25, 0.3) is 0 Å². The molecule has 2 atom stereocenters. The minimum Gasteiger partial charge on any atom is -0.748 e. The van der Waals surface area contributed by atoms with Gasteiger partial charge in [0.05, 0.1) is 16.2 Å². The summed E-state index contributed by atoms with van der Waals surface area (Å²) in [5, 5.41) is 8.98. The number of hydrogen-bond donors (Lipinski definition) is 1. The molecule has 0 spiro atoms. The summed E-state index contributed by atoms with van der Waals surface area (Å²) in [4.78, 5) is 0. The van der Waals surface area contributed by atoms with E-state index in [2.05, 4.69) is 6.92 Å². The fourth-order valence-corrected chi connectivity index (χ4v) is 3.26. The van der Waals surface area contributed by atoms with Gasteiger partial charge in [0, 0.05) is 5.25 Å². The Hall–Kier alpha value is 1.51. The van der Waals surface area contributed by atoms with E-state index in [1.54, 1.807) is 0 Å². The molecule has 0 saturated carbocycles. The van der Waals surface area contributed by atoms with Gasteiger partial charge in [-0.2, -0.15) is 0 Å². The fraction of sp³-hybridized carbons (Fsp3) is 1.00. The average molecular weight is 333 g/mol. The summed E-state index contributed by atoms with van der Waals surface area (Å²) in [5.74, 6) is 0.